The van der Waals surface area contributed by atoms with Crippen LogP contribution in [0.15, 0.2) is 0 Å². The van der Waals surface area contributed by atoms with Gasteiger partial charge in [-0.3, -0.25) is 5.10 Å². The second-order valence-corrected chi connectivity index (χ2v) is 6.35. The number of aromatic amines is 1. The first-order chi connectivity index (χ1) is 9.15. The van der Waals surface area contributed by atoms with Crippen molar-refractivity contribution in [2.45, 2.75) is 46.3 Å². The largest absolute Gasteiger partial charge is 0.476 e. The van der Waals surface area contributed by atoms with Crippen LogP contribution in [0.2, 0.25) is 0 Å². The molecule has 8 heteroatoms. The SMILES string of the molecule is CCc1[nH]nc(C(=O)O)c1CN(I)C(=O)OC(C)(C)C. The van der Waals surface area contributed by atoms with Crippen LogP contribution in [-0.2, 0) is 17.7 Å². The van der Waals surface area contributed by atoms with Crippen molar-refractivity contribution in [2.75, 3.05) is 0 Å². The number of amides is 1. The predicted molar refractivity (Wildman–Crippen MR) is 80.7 cm³/mol. The van der Waals surface area contributed by atoms with Crippen LogP contribution in [-0.4, -0.2) is 36.1 Å². The third kappa shape index (κ3) is 4.36. The molecule has 0 saturated heterocycles. The van der Waals surface area contributed by atoms with Crippen LogP contribution >= 0.6 is 22.9 Å². The van der Waals surface area contributed by atoms with Crippen molar-refractivity contribution in [3.63, 3.8) is 0 Å². The maximum absolute atomic E-state index is 11.9. The molecular weight excluding hydrogens is 377 g/mol. The highest BCUT2D eigenvalue weighted by molar-refractivity contribution is 14.1. The minimum Gasteiger partial charge on any atom is -0.476 e. The summed E-state index contributed by atoms with van der Waals surface area (Å²) in [6.07, 6.45) is 0.0895. The van der Waals surface area contributed by atoms with Crippen LogP contribution in [0.1, 0.15) is 49.4 Å². The molecule has 0 atom stereocenters. The summed E-state index contributed by atoms with van der Waals surface area (Å²) in [6.45, 7) is 7.32. The first kappa shape index (κ1) is 16.7. The number of H-pyrrole nitrogens is 1. The van der Waals surface area contributed by atoms with Gasteiger partial charge < -0.3 is 9.84 Å². The maximum Gasteiger partial charge on any atom is 0.419 e. The predicted octanol–water partition coefficient (Wildman–Crippen LogP) is 2.76. The average Bonchev–Trinajstić information content (AvgIpc) is 2.69. The van der Waals surface area contributed by atoms with E-state index >= 15 is 0 Å². The van der Waals surface area contributed by atoms with Crippen LogP contribution < -0.4 is 0 Å². The van der Waals surface area contributed by atoms with E-state index in [0.717, 1.165) is 0 Å². The number of carbonyl (C=O) groups is 2. The zero-order chi connectivity index (χ0) is 15.5. The molecule has 0 spiro atoms. The molecule has 0 fully saturated rings. The lowest BCUT2D eigenvalue weighted by molar-refractivity contribution is 0.0419. The van der Waals surface area contributed by atoms with E-state index in [4.69, 9.17) is 9.84 Å². The quantitative estimate of drug-likeness (QED) is 0.604. The summed E-state index contributed by atoms with van der Waals surface area (Å²) in [6, 6.07) is 0. The molecule has 0 radical (unpaired) electrons. The molecule has 1 aromatic rings. The molecule has 1 heterocycles. The molecule has 0 bridgehead atoms. The third-order valence-corrected chi connectivity index (χ3v) is 3.13. The highest BCUT2D eigenvalue weighted by Crippen LogP contribution is 2.20. The Morgan fingerprint density at radius 2 is 2.05 bits per heavy atom. The Morgan fingerprint density at radius 3 is 2.50 bits per heavy atom. The topological polar surface area (TPSA) is 95.5 Å². The van der Waals surface area contributed by atoms with Gasteiger partial charge >= 0.3 is 12.1 Å². The monoisotopic (exact) mass is 395 g/mol. The smallest absolute Gasteiger partial charge is 0.419 e. The minimum absolute atomic E-state index is 0.0629. The Morgan fingerprint density at radius 1 is 1.45 bits per heavy atom. The Kier molecular flexibility index (Phi) is 5.37. The number of carbonyl (C=O) groups excluding carboxylic acids is 1. The lowest BCUT2D eigenvalue weighted by Crippen LogP contribution is -2.31. The van der Waals surface area contributed by atoms with Gasteiger partial charge in [-0.15, -0.1) is 0 Å². The van der Waals surface area contributed by atoms with E-state index in [0.29, 0.717) is 17.7 Å². The second kappa shape index (κ2) is 6.42. The Hall–Kier alpha value is -1.32. The number of nitrogens with zero attached hydrogens (tertiary/aromatic N) is 2. The molecular formula is C12H18IN3O4. The Labute approximate surface area is 131 Å². The number of nitrogens with one attached hydrogen (secondary N) is 1. The molecule has 1 rings (SSSR count). The number of aromatic nitrogens is 2. The average molecular weight is 395 g/mol. The number of aromatic carboxylic acids is 1. The first-order valence-electron chi connectivity index (χ1n) is 6.11. The number of carboxylic acids is 1. The molecule has 2 N–H and O–H groups in total. The summed E-state index contributed by atoms with van der Waals surface area (Å²) in [5.74, 6) is -1.12. The van der Waals surface area contributed by atoms with Gasteiger partial charge in [0.05, 0.1) is 29.4 Å². The fourth-order valence-corrected chi connectivity index (χ4v) is 2.00. The molecule has 0 unspecified atom stereocenters. The summed E-state index contributed by atoms with van der Waals surface area (Å²) in [4.78, 5) is 23.0. The first-order valence-corrected chi connectivity index (χ1v) is 7.08. The number of ether oxygens (including phenoxy) is 1. The van der Waals surface area contributed by atoms with Gasteiger partial charge in [-0.05, 0) is 27.2 Å². The van der Waals surface area contributed by atoms with Crippen LogP contribution in [0, 0.1) is 0 Å². The third-order valence-electron chi connectivity index (χ3n) is 2.40. The summed E-state index contributed by atoms with van der Waals surface area (Å²) >= 11 is 1.81. The number of hydrogen-bond donors (Lipinski definition) is 2. The van der Waals surface area contributed by atoms with Crippen molar-refractivity contribution in [1.82, 2.24) is 13.3 Å². The standard InChI is InChI=1S/C12H18IN3O4/c1-5-8-7(9(10(17)18)15-14-8)6-16(13)11(19)20-12(2,3)4/h5-6H2,1-4H3,(H,14,15)(H,17,18). The molecule has 1 amide bonds. The van der Waals surface area contributed by atoms with Crippen LogP contribution in [0.25, 0.3) is 0 Å². The normalized spacial score (nSPS) is 11.2. The lowest BCUT2D eigenvalue weighted by atomic mass is 10.1. The van der Waals surface area contributed by atoms with E-state index in [1.54, 1.807) is 43.6 Å². The summed E-state index contributed by atoms with van der Waals surface area (Å²) in [5.41, 5.74) is 0.542. The number of rotatable bonds is 4. The van der Waals surface area contributed by atoms with Crippen LogP contribution in [0.4, 0.5) is 4.79 Å². The Balaban J connectivity index is 2.89. The van der Waals surface area contributed by atoms with Gasteiger partial charge in [-0.1, -0.05) is 6.92 Å². The zero-order valence-corrected chi connectivity index (χ0v) is 14.0. The van der Waals surface area contributed by atoms with E-state index in [2.05, 4.69) is 10.2 Å². The molecule has 0 aliphatic rings. The summed E-state index contributed by atoms with van der Waals surface area (Å²) in [5, 5.41) is 15.5. The maximum atomic E-state index is 11.9. The van der Waals surface area contributed by atoms with E-state index in [1.807, 2.05) is 6.92 Å². The molecule has 0 aliphatic carbocycles. The Bertz CT molecular complexity index is 507. The molecule has 0 aromatic carbocycles. The molecule has 112 valence electrons. The lowest BCUT2D eigenvalue weighted by Gasteiger charge is -2.23. The molecule has 0 saturated carbocycles. The molecule has 20 heavy (non-hydrogen) atoms. The fraction of sp³-hybridized carbons (Fsp3) is 0.583. The molecule has 1 aromatic heterocycles. The van der Waals surface area contributed by atoms with Crippen molar-refractivity contribution in [1.29, 1.82) is 0 Å². The van der Waals surface area contributed by atoms with Gasteiger partial charge in [0.1, 0.15) is 5.60 Å². The van der Waals surface area contributed by atoms with Gasteiger partial charge in [0.15, 0.2) is 5.69 Å². The number of halogens is 1. The number of hydrogen-bond acceptors (Lipinski definition) is 4. The van der Waals surface area contributed by atoms with Gasteiger partial charge in [0, 0.05) is 11.3 Å². The van der Waals surface area contributed by atoms with E-state index in [9.17, 15) is 9.59 Å². The van der Waals surface area contributed by atoms with Crippen molar-refractivity contribution in [2.24, 2.45) is 0 Å². The van der Waals surface area contributed by atoms with Crippen molar-refractivity contribution < 1.29 is 19.4 Å². The fourth-order valence-electron chi connectivity index (χ4n) is 1.56. The molecule has 0 aliphatic heterocycles. The minimum atomic E-state index is -1.12. The summed E-state index contributed by atoms with van der Waals surface area (Å²) in [7, 11) is 0. The highest BCUT2D eigenvalue weighted by Gasteiger charge is 2.25. The van der Waals surface area contributed by atoms with Gasteiger partial charge in [-0.25, -0.2) is 12.7 Å². The van der Waals surface area contributed by atoms with E-state index < -0.39 is 17.7 Å². The van der Waals surface area contributed by atoms with Crippen molar-refractivity contribution in [3.8, 4) is 0 Å². The van der Waals surface area contributed by atoms with E-state index in [-0.39, 0.29) is 12.2 Å². The van der Waals surface area contributed by atoms with Crippen molar-refractivity contribution in [3.05, 3.63) is 17.0 Å². The molecule has 7 nitrogen and oxygen atoms in total. The van der Waals surface area contributed by atoms with E-state index in [1.165, 1.54) is 3.11 Å². The number of aryl methyl sites for hydroxylation is 1. The second-order valence-electron chi connectivity index (χ2n) is 5.19. The van der Waals surface area contributed by atoms with Gasteiger partial charge in [-0.2, -0.15) is 5.10 Å². The van der Waals surface area contributed by atoms with Gasteiger partial charge in [0.2, 0.25) is 0 Å². The summed E-state index contributed by atoms with van der Waals surface area (Å²) < 4.78 is 6.53. The zero-order valence-electron chi connectivity index (χ0n) is 11.9. The van der Waals surface area contributed by atoms with Crippen molar-refractivity contribution >= 4 is 34.9 Å². The van der Waals surface area contributed by atoms with Crippen LogP contribution in [0.3, 0.4) is 0 Å². The highest BCUT2D eigenvalue weighted by atomic mass is 127. The van der Waals surface area contributed by atoms with Gasteiger partial charge in [0.25, 0.3) is 0 Å². The number of carboxylic acid groups (broad SMARTS) is 1. The van der Waals surface area contributed by atoms with Crippen LogP contribution in [0.5, 0.6) is 0 Å².